The number of amides is 1. The molecule has 2 N–H and O–H groups in total. The number of anilines is 1. The van der Waals surface area contributed by atoms with Crippen LogP contribution in [0.5, 0.6) is 0 Å². The lowest BCUT2D eigenvalue weighted by Gasteiger charge is -2.11. The van der Waals surface area contributed by atoms with E-state index in [-0.39, 0.29) is 18.9 Å². The second-order valence-corrected chi connectivity index (χ2v) is 5.77. The Balaban J connectivity index is 1.87. The van der Waals surface area contributed by atoms with Crippen LogP contribution in [0.25, 0.3) is 0 Å². The molecule has 0 saturated heterocycles. The molecule has 26 heavy (non-hydrogen) atoms. The monoisotopic (exact) mass is 366 g/mol. The van der Waals surface area contributed by atoms with Crippen LogP contribution in [0, 0.1) is 0 Å². The molecule has 0 aliphatic heterocycles. The van der Waals surface area contributed by atoms with Crippen LogP contribution in [0.4, 0.5) is 18.9 Å². The summed E-state index contributed by atoms with van der Waals surface area (Å²) in [5.74, 6) is -0.0910. The first-order chi connectivity index (χ1) is 12.4. The van der Waals surface area contributed by atoms with Crippen LogP contribution in [0.15, 0.2) is 48.5 Å². The van der Waals surface area contributed by atoms with Gasteiger partial charge in [0.1, 0.15) is 0 Å². The number of halogens is 3. The molecule has 0 aromatic heterocycles. The number of carbonyl (C=O) groups is 1. The van der Waals surface area contributed by atoms with Crippen molar-refractivity contribution in [3.63, 3.8) is 0 Å². The fourth-order valence-electron chi connectivity index (χ4n) is 2.34. The van der Waals surface area contributed by atoms with Gasteiger partial charge in [-0.1, -0.05) is 24.3 Å². The Bertz CT molecular complexity index is 715. The Kier molecular flexibility index (Phi) is 7.03. The number of methoxy groups -OCH3 is 1. The van der Waals surface area contributed by atoms with E-state index >= 15 is 0 Å². The molecule has 2 aromatic carbocycles. The number of hydrogen-bond acceptors (Lipinski definition) is 3. The zero-order valence-corrected chi connectivity index (χ0v) is 14.4. The van der Waals surface area contributed by atoms with E-state index in [0.717, 1.165) is 23.4 Å². The molecule has 140 valence electrons. The van der Waals surface area contributed by atoms with Crippen molar-refractivity contribution in [1.82, 2.24) is 5.32 Å². The molecule has 0 bridgehead atoms. The maximum absolute atomic E-state index is 12.7. The normalized spacial score (nSPS) is 11.2. The number of ether oxygens (including phenoxy) is 1. The van der Waals surface area contributed by atoms with Crippen molar-refractivity contribution in [2.24, 2.45) is 0 Å². The molecule has 2 rings (SSSR count). The lowest BCUT2D eigenvalue weighted by atomic mass is 10.1. The van der Waals surface area contributed by atoms with Gasteiger partial charge >= 0.3 is 6.18 Å². The maximum atomic E-state index is 12.7. The predicted molar refractivity (Wildman–Crippen MR) is 93.8 cm³/mol. The quantitative estimate of drug-likeness (QED) is 0.702. The van der Waals surface area contributed by atoms with Crippen LogP contribution in [-0.4, -0.2) is 26.2 Å². The van der Waals surface area contributed by atoms with Crippen LogP contribution in [0.2, 0.25) is 0 Å². The van der Waals surface area contributed by atoms with Crippen molar-refractivity contribution in [1.29, 1.82) is 0 Å². The molecule has 0 aliphatic rings. The van der Waals surface area contributed by atoms with Gasteiger partial charge in [-0.2, -0.15) is 13.2 Å². The summed E-state index contributed by atoms with van der Waals surface area (Å²) in [4.78, 5) is 11.7. The molecule has 0 aliphatic carbocycles. The summed E-state index contributed by atoms with van der Waals surface area (Å²) in [6.07, 6.45) is -4.08. The molecule has 1 amide bonds. The molecule has 0 fully saturated rings. The highest BCUT2D eigenvalue weighted by Gasteiger charge is 2.30. The van der Waals surface area contributed by atoms with Gasteiger partial charge in [0.25, 0.3) is 0 Å². The van der Waals surface area contributed by atoms with Crippen LogP contribution in [-0.2, 0) is 28.7 Å². The Hall–Kier alpha value is -2.54. The highest BCUT2D eigenvalue weighted by Crippen LogP contribution is 2.29. The molecule has 0 radical (unpaired) electrons. The minimum Gasteiger partial charge on any atom is -0.383 e. The summed E-state index contributed by atoms with van der Waals surface area (Å²) in [5.41, 5.74) is 1.50. The van der Waals surface area contributed by atoms with E-state index < -0.39 is 11.7 Å². The van der Waals surface area contributed by atoms with Crippen LogP contribution < -0.4 is 10.6 Å². The number of carbonyl (C=O) groups excluding carboxylic acids is 1. The lowest BCUT2D eigenvalue weighted by Crippen LogP contribution is -2.28. The third-order valence-corrected chi connectivity index (χ3v) is 3.70. The standard InChI is InChI=1S/C19H21F3N2O2/c1-26-10-9-23-18(25)12-14-5-7-17(8-6-14)24-13-15-3-2-4-16(11-15)19(20,21)22/h2-8,11,24H,9-10,12-13H2,1H3,(H,23,25). The van der Waals surface area contributed by atoms with E-state index in [1.54, 1.807) is 25.3 Å². The van der Waals surface area contributed by atoms with E-state index in [9.17, 15) is 18.0 Å². The third-order valence-electron chi connectivity index (χ3n) is 3.70. The lowest BCUT2D eigenvalue weighted by molar-refractivity contribution is -0.137. The van der Waals surface area contributed by atoms with Gasteiger partial charge in [0.15, 0.2) is 0 Å². The van der Waals surface area contributed by atoms with Crippen molar-refractivity contribution in [3.05, 3.63) is 65.2 Å². The van der Waals surface area contributed by atoms with Gasteiger partial charge in [-0.05, 0) is 35.4 Å². The molecule has 0 heterocycles. The molecule has 0 atom stereocenters. The smallest absolute Gasteiger partial charge is 0.383 e. The number of hydrogen-bond donors (Lipinski definition) is 2. The summed E-state index contributed by atoms with van der Waals surface area (Å²) in [7, 11) is 1.57. The van der Waals surface area contributed by atoms with Crippen molar-refractivity contribution in [2.45, 2.75) is 19.1 Å². The summed E-state index contributed by atoms with van der Waals surface area (Å²) >= 11 is 0. The van der Waals surface area contributed by atoms with Gasteiger partial charge in [0, 0.05) is 25.9 Å². The first-order valence-corrected chi connectivity index (χ1v) is 8.13. The zero-order valence-electron chi connectivity index (χ0n) is 14.4. The number of nitrogens with one attached hydrogen (secondary N) is 2. The van der Waals surface area contributed by atoms with E-state index in [0.29, 0.717) is 18.7 Å². The Labute approximate surface area is 150 Å². The first-order valence-electron chi connectivity index (χ1n) is 8.13. The molecular formula is C19H21F3N2O2. The fraction of sp³-hybridized carbons (Fsp3) is 0.316. The van der Waals surface area contributed by atoms with Crippen LogP contribution in [0.1, 0.15) is 16.7 Å². The summed E-state index contributed by atoms with van der Waals surface area (Å²) in [6.45, 7) is 1.21. The minimum atomic E-state index is -4.35. The van der Waals surface area contributed by atoms with Gasteiger partial charge in [0.2, 0.25) is 5.91 Å². The van der Waals surface area contributed by atoms with Gasteiger partial charge < -0.3 is 15.4 Å². The average molecular weight is 366 g/mol. The highest BCUT2D eigenvalue weighted by molar-refractivity contribution is 5.78. The Morgan fingerprint density at radius 3 is 2.46 bits per heavy atom. The molecule has 0 unspecified atom stereocenters. The number of benzene rings is 2. The zero-order chi connectivity index (χ0) is 19.0. The number of rotatable bonds is 8. The first kappa shape index (κ1) is 19.8. The third kappa shape index (κ3) is 6.40. The maximum Gasteiger partial charge on any atom is 0.416 e. The van der Waals surface area contributed by atoms with Crippen LogP contribution in [0.3, 0.4) is 0 Å². The van der Waals surface area contributed by atoms with E-state index in [4.69, 9.17) is 4.74 Å². The van der Waals surface area contributed by atoms with Crippen LogP contribution >= 0.6 is 0 Å². The summed E-state index contributed by atoms with van der Waals surface area (Å²) in [6, 6.07) is 12.4. The molecule has 4 nitrogen and oxygen atoms in total. The second kappa shape index (κ2) is 9.24. The molecule has 0 spiro atoms. The van der Waals surface area contributed by atoms with E-state index in [1.165, 1.54) is 6.07 Å². The van der Waals surface area contributed by atoms with Crippen molar-refractivity contribution in [3.8, 4) is 0 Å². The largest absolute Gasteiger partial charge is 0.416 e. The Morgan fingerprint density at radius 2 is 1.81 bits per heavy atom. The van der Waals surface area contributed by atoms with Gasteiger partial charge in [0.05, 0.1) is 18.6 Å². The second-order valence-electron chi connectivity index (χ2n) is 5.77. The summed E-state index contributed by atoms with van der Waals surface area (Å²) in [5, 5.41) is 5.82. The highest BCUT2D eigenvalue weighted by atomic mass is 19.4. The fourth-order valence-corrected chi connectivity index (χ4v) is 2.34. The van der Waals surface area contributed by atoms with E-state index in [1.807, 2.05) is 12.1 Å². The van der Waals surface area contributed by atoms with Crippen molar-refractivity contribution >= 4 is 11.6 Å². The molecular weight excluding hydrogens is 345 g/mol. The summed E-state index contributed by atoms with van der Waals surface area (Å²) < 4.78 is 43.0. The molecule has 2 aromatic rings. The van der Waals surface area contributed by atoms with Crippen molar-refractivity contribution < 1.29 is 22.7 Å². The van der Waals surface area contributed by atoms with Gasteiger partial charge in [-0.3, -0.25) is 4.79 Å². The van der Waals surface area contributed by atoms with Gasteiger partial charge in [-0.25, -0.2) is 0 Å². The predicted octanol–water partition coefficient (Wildman–Crippen LogP) is 3.62. The molecule has 0 saturated carbocycles. The van der Waals surface area contributed by atoms with Crippen molar-refractivity contribution in [2.75, 3.05) is 25.6 Å². The molecule has 7 heteroatoms. The number of alkyl halides is 3. The Morgan fingerprint density at radius 1 is 1.08 bits per heavy atom. The average Bonchev–Trinajstić information content (AvgIpc) is 2.61. The SMILES string of the molecule is COCCNC(=O)Cc1ccc(NCc2cccc(C(F)(F)F)c2)cc1. The minimum absolute atomic E-state index is 0.0910. The van der Waals surface area contributed by atoms with E-state index in [2.05, 4.69) is 10.6 Å². The topological polar surface area (TPSA) is 50.4 Å². The van der Waals surface area contributed by atoms with Gasteiger partial charge in [-0.15, -0.1) is 0 Å².